The molecule has 4 heteroatoms. The van der Waals surface area contributed by atoms with Crippen LogP contribution in [0.3, 0.4) is 0 Å². The first-order chi connectivity index (χ1) is 0. The summed E-state index contributed by atoms with van der Waals surface area (Å²) in [6, 6.07) is 0. The second kappa shape index (κ2) is 16.2. The van der Waals surface area contributed by atoms with Crippen molar-refractivity contribution in [2.75, 3.05) is 0 Å². The first kappa shape index (κ1) is 26.3. The quantitative estimate of drug-likeness (QED) is 0.435. The number of hydrogen-bond acceptors (Lipinski definition) is 0. The zero-order valence-electron chi connectivity index (χ0n) is 4.45. The summed E-state index contributed by atoms with van der Waals surface area (Å²) < 4.78 is 0. The molecule has 4 heavy (non-hydrogen) atoms. The van der Waals surface area contributed by atoms with E-state index in [-0.39, 0.29) is 106 Å². The summed E-state index contributed by atoms with van der Waals surface area (Å²) in [5.41, 5.74) is 0. The molecule has 0 aromatic rings. The Labute approximate surface area is 103 Å². The molecule has 0 bridgehead atoms. The minimum atomic E-state index is 0. The molecule has 0 nitrogen and oxygen atoms in total. The van der Waals surface area contributed by atoms with Gasteiger partial charge in [-0.15, -0.1) is 0 Å². The Morgan fingerprint density at radius 2 is 1.25 bits per heavy atom. The van der Waals surface area contributed by atoms with Crippen LogP contribution in [0.1, 0.15) is 2.85 Å². The van der Waals surface area contributed by atoms with E-state index in [0.717, 1.165) is 0 Å². The van der Waals surface area contributed by atoms with Gasteiger partial charge in [0.2, 0.25) is 0 Å². The molecule has 0 saturated heterocycles. The zero-order valence-corrected chi connectivity index (χ0v) is 13.8. The molecular weight excluding hydrogens is 339 g/mol. The maximum absolute atomic E-state index is 0. The average molecular weight is 347 g/mol. The standard InChI is InChI=1S/Ca.Co.Sb.Sn.7H/q+2;;;;;;;;;2*-1. The van der Waals surface area contributed by atoms with Crippen molar-refractivity contribution in [3.05, 3.63) is 0 Å². The molecule has 0 amide bonds. The molecule has 0 atom stereocenters. The zero-order chi connectivity index (χ0) is 0. The Hall–Kier alpha value is 3.38. The second-order valence-corrected chi connectivity index (χ2v) is 0. The predicted molar refractivity (Wildman–Crippen MR) is 26.5 cm³/mol. The van der Waals surface area contributed by atoms with E-state index >= 15 is 0 Å². The molecule has 0 spiro atoms. The van der Waals surface area contributed by atoms with Crippen molar-refractivity contribution in [1.82, 2.24) is 0 Å². The van der Waals surface area contributed by atoms with E-state index < -0.39 is 0 Å². The van der Waals surface area contributed by atoms with Gasteiger partial charge in [0.15, 0.2) is 0 Å². The fourth-order valence-corrected chi connectivity index (χ4v) is 0. The van der Waals surface area contributed by atoms with Gasteiger partial charge in [-0.2, -0.15) is 0 Å². The molecule has 0 aliphatic heterocycles. The van der Waals surface area contributed by atoms with Crippen LogP contribution in [0.4, 0.5) is 0 Å². The summed E-state index contributed by atoms with van der Waals surface area (Å²) in [6.07, 6.45) is 0. The number of rotatable bonds is 0. The molecule has 0 N–H and O–H groups in total. The molecule has 0 aliphatic rings. The van der Waals surface area contributed by atoms with E-state index in [1.807, 2.05) is 0 Å². The van der Waals surface area contributed by atoms with Crippen LogP contribution in [0.5, 0.6) is 0 Å². The second-order valence-electron chi connectivity index (χ2n) is 0. The van der Waals surface area contributed by atoms with Gasteiger partial charge in [0, 0.05) is 16.8 Å². The SMILES string of the molecule is [Ca+2].[Co].[H-].[H-].[SbH3].[SnH2]. The van der Waals surface area contributed by atoms with E-state index in [4.69, 9.17) is 0 Å². The Balaban J connectivity index is 0. The first-order valence-electron chi connectivity index (χ1n) is 0. The molecule has 27 valence electrons. The van der Waals surface area contributed by atoms with Gasteiger partial charge in [-0.05, 0) is 0 Å². The number of hydrogen-bond donors (Lipinski definition) is 0. The van der Waals surface area contributed by atoms with Crippen molar-refractivity contribution < 1.29 is 19.6 Å². The van der Waals surface area contributed by atoms with E-state index in [1.165, 1.54) is 0 Å². The van der Waals surface area contributed by atoms with Crippen molar-refractivity contribution in [3.63, 3.8) is 0 Å². The summed E-state index contributed by atoms with van der Waals surface area (Å²) in [5, 5.41) is 0. The summed E-state index contributed by atoms with van der Waals surface area (Å²) in [6.45, 7) is 0. The summed E-state index contributed by atoms with van der Waals surface area (Å²) in [4.78, 5) is 0. The molecule has 0 heterocycles. The fraction of sp³-hybridized carbons (Fsp3) is 0. The molecule has 0 fully saturated rings. The van der Waals surface area contributed by atoms with E-state index in [9.17, 15) is 0 Å². The Bertz CT molecular complexity index is 13.5. The van der Waals surface area contributed by atoms with Gasteiger partial charge < -0.3 is 2.85 Å². The van der Waals surface area contributed by atoms with Crippen LogP contribution in [0.2, 0.25) is 0 Å². The van der Waals surface area contributed by atoms with Crippen LogP contribution < -0.4 is 0 Å². The van der Waals surface area contributed by atoms with Gasteiger partial charge in [-0.3, -0.25) is 0 Å². The predicted octanol–water partition coefficient (Wildman–Crippen LogP) is -2.26. The van der Waals surface area contributed by atoms with E-state index in [1.54, 1.807) is 0 Å². The fourth-order valence-electron chi connectivity index (χ4n) is 0. The first-order valence-corrected chi connectivity index (χ1v) is 0. The third-order valence-electron chi connectivity index (χ3n) is 0. The van der Waals surface area contributed by atoms with E-state index in [2.05, 4.69) is 0 Å². The van der Waals surface area contributed by atoms with Crippen molar-refractivity contribution in [2.45, 2.75) is 0 Å². The molecule has 0 saturated carbocycles. The molecule has 0 aromatic carbocycles. The average Bonchev–Trinajstić information content (AvgIpc) is 0. The molecule has 0 aromatic heterocycles. The Morgan fingerprint density at radius 3 is 1.25 bits per heavy atom. The normalized spacial score (nSPS) is 0. The summed E-state index contributed by atoms with van der Waals surface area (Å²) in [5.74, 6) is 0. The summed E-state index contributed by atoms with van der Waals surface area (Å²) >= 11 is 0. The Kier molecular flexibility index (Phi) is 106. The van der Waals surface area contributed by atoms with Crippen LogP contribution in [0.15, 0.2) is 0 Å². The molecule has 0 rings (SSSR count). The van der Waals surface area contributed by atoms with E-state index in [0.29, 0.717) is 0 Å². The van der Waals surface area contributed by atoms with Gasteiger partial charge in [0.1, 0.15) is 0 Å². The van der Waals surface area contributed by atoms with Crippen LogP contribution in [-0.2, 0) is 16.8 Å². The van der Waals surface area contributed by atoms with Gasteiger partial charge in [-0.1, -0.05) is 0 Å². The molecule has 0 unspecified atom stereocenters. The summed E-state index contributed by atoms with van der Waals surface area (Å²) in [7, 11) is 0. The molecule has 3 radical (unpaired) electrons. The Morgan fingerprint density at radius 1 is 1.25 bits per heavy atom. The van der Waals surface area contributed by atoms with Crippen LogP contribution in [-0.4, -0.2) is 86.1 Å². The van der Waals surface area contributed by atoms with Crippen LogP contribution in [0, 0.1) is 0 Å². The minimum absolute atomic E-state index is 0. The van der Waals surface area contributed by atoms with Gasteiger partial charge in [0.05, 0.1) is 0 Å². The third-order valence-corrected chi connectivity index (χ3v) is 0. The van der Waals surface area contributed by atoms with Gasteiger partial charge in [-0.25, -0.2) is 0 Å². The van der Waals surface area contributed by atoms with Crippen LogP contribution >= 0.6 is 0 Å². The van der Waals surface area contributed by atoms with Crippen LogP contribution in [0.25, 0.3) is 0 Å². The molecular formula is H7CaCoSbSn. The van der Waals surface area contributed by atoms with Crippen molar-refractivity contribution >= 4 is 86.1 Å². The third kappa shape index (κ3) is 9.04. The van der Waals surface area contributed by atoms with Crippen molar-refractivity contribution in [2.24, 2.45) is 0 Å². The van der Waals surface area contributed by atoms with Gasteiger partial charge in [0.25, 0.3) is 0 Å². The van der Waals surface area contributed by atoms with Gasteiger partial charge >= 0.3 is 86.1 Å². The maximum atomic E-state index is 0. The monoisotopic (exact) mass is 347 g/mol. The topological polar surface area (TPSA) is 0 Å². The van der Waals surface area contributed by atoms with Crippen molar-refractivity contribution in [3.8, 4) is 0 Å². The van der Waals surface area contributed by atoms with Crippen molar-refractivity contribution in [1.29, 1.82) is 0 Å². The molecule has 0 aliphatic carbocycles.